The van der Waals surface area contributed by atoms with Gasteiger partial charge in [0.1, 0.15) is 5.75 Å². The Hall–Kier alpha value is -2.90. The predicted molar refractivity (Wildman–Crippen MR) is 107 cm³/mol. The normalized spacial score (nSPS) is 17.9. The number of benzene rings is 2. The lowest BCUT2D eigenvalue weighted by molar-refractivity contribution is -0.181. The van der Waals surface area contributed by atoms with Crippen molar-refractivity contribution in [3.63, 3.8) is 0 Å². The van der Waals surface area contributed by atoms with Gasteiger partial charge in [-0.15, -0.1) is 0 Å². The van der Waals surface area contributed by atoms with E-state index < -0.39 is 5.79 Å². The van der Waals surface area contributed by atoms with Crippen LogP contribution in [-0.4, -0.2) is 55.9 Å². The summed E-state index contributed by atoms with van der Waals surface area (Å²) in [6.45, 7) is 2.42. The molecule has 152 valence electrons. The van der Waals surface area contributed by atoms with Crippen molar-refractivity contribution in [2.24, 2.45) is 0 Å². The predicted octanol–water partition coefficient (Wildman–Crippen LogP) is 2.93. The molecule has 2 aromatic carbocycles. The summed E-state index contributed by atoms with van der Waals surface area (Å²) in [5.41, 5.74) is 1.69. The number of anilines is 1. The highest BCUT2D eigenvalue weighted by atomic mass is 16.7. The highest BCUT2D eigenvalue weighted by Gasteiger charge is 2.40. The zero-order chi connectivity index (χ0) is 20.3. The van der Waals surface area contributed by atoms with Crippen LogP contribution in [0.2, 0.25) is 0 Å². The maximum atomic E-state index is 12.8. The largest absolute Gasteiger partial charge is 0.497 e. The summed E-state index contributed by atoms with van der Waals surface area (Å²) < 4.78 is 16.6. The Kier molecular flexibility index (Phi) is 5.51. The van der Waals surface area contributed by atoms with E-state index in [2.05, 4.69) is 5.32 Å². The first kappa shape index (κ1) is 19.4. The molecule has 2 heterocycles. The van der Waals surface area contributed by atoms with Gasteiger partial charge >= 0.3 is 0 Å². The molecule has 0 saturated carbocycles. The van der Waals surface area contributed by atoms with Crippen molar-refractivity contribution in [1.82, 2.24) is 4.90 Å². The molecule has 29 heavy (non-hydrogen) atoms. The van der Waals surface area contributed by atoms with Crippen molar-refractivity contribution >= 4 is 17.5 Å². The van der Waals surface area contributed by atoms with E-state index in [0.717, 1.165) is 0 Å². The van der Waals surface area contributed by atoms with Crippen LogP contribution < -0.4 is 10.1 Å². The van der Waals surface area contributed by atoms with E-state index in [9.17, 15) is 9.59 Å². The third-order valence-corrected chi connectivity index (χ3v) is 5.35. The maximum absolute atomic E-state index is 12.8. The van der Waals surface area contributed by atoms with Gasteiger partial charge in [0.25, 0.3) is 11.8 Å². The number of hydrogen-bond acceptors (Lipinski definition) is 5. The maximum Gasteiger partial charge on any atom is 0.255 e. The highest BCUT2D eigenvalue weighted by Crippen LogP contribution is 2.31. The molecular weight excluding hydrogens is 372 g/mol. The van der Waals surface area contributed by atoms with Crippen LogP contribution in [-0.2, 0) is 9.47 Å². The Morgan fingerprint density at radius 1 is 1.00 bits per heavy atom. The summed E-state index contributed by atoms with van der Waals surface area (Å²) in [4.78, 5) is 27.0. The second-order valence-corrected chi connectivity index (χ2v) is 7.16. The second kappa shape index (κ2) is 8.23. The molecule has 4 rings (SSSR count). The van der Waals surface area contributed by atoms with Crippen LogP contribution in [0, 0.1) is 0 Å². The number of methoxy groups -OCH3 is 1. The van der Waals surface area contributed by atoms with E-state index in [1.54, 1.807) is 49.6 Å². The first-order chi connectivity index (χ1) is 14.1. The van der Waals surface area contributed by atoms with Crippen molar-refractivity contribution in [1.29, 1.82) is 0 Å². The van der Waals surface area contributed by atoms with E-state index in [1.165, 1.54) is 0 Å². The van der Waals surface area contributed by atoms with Crippen molar-refractivity contribution in [3.8, 4) is 5.75 Å². The SMILES string of the molecule is COc1cccc(NC(=O)c2ccc(C(=O)N3CCC4(CC3)OCCO4)cc2)c1. The molecule has 0 atom stereocenters. The summed E-state index contributed by atoms with van der Waals surface area (Å²) in [5.74, 6) is -0.121. The molecule has 2 aliphatic heterocycles. The van der Waals surface area contributed by atoms with Gasteiger partial charge in [0, 0.05) is 48.8 Å². The van der Waals surface area contributed by atoms with E-state index in [4.69, 9.17) is 14.2 Å². The molecule has 0 radical (unpaired) electrons. The fourth-order valence-electron chi connectivity index (χ4n) is 3.69. The Bertz CT molecular complexity index is 880. The second-order valence-electron chi connectivity index (χ2n) is 7.16. The van der Waals surface area contributed by atoms with Crippen LogP contribution in [0.4, 0.5) is 5.69 Å². The molecule has 2 fully saturated rings. The van der Waals surface area contributed by atoms with Crippen molar-refractivity contribution in [3.05, 3.63) is 59.7 Å². The van der Waals surface area contributed by atoms with E-state index in [-0.39, 0.29) is 11.8 Å². The topological polar surface area (TPSA) is 77.1 Å². The van der Waals surface area contributed by atoms with E-state index in [1.807, 2.05) is 11.0 Å². The van der Waals surface area contributed by atoms with Crippen LogP contribution in [0.5, 0.6) is 5.75 Å². The summed E-state index contributed by atoms with van der Waals surface area (Å²) in [7, 11) is 1.58. The minimum Gasteiger partial charge on any atom is -0.497 e. The molecule has 0 unspecified atom stereocenters. The van der Waals surface area contributed by atoms with Gasteiger partial charge in [0.05, 0.1) is 20.3 Å². The molecule has 0 aliphatic carbocycles. The van der Waals surface area contributed by atoms with Gasteiger partial charge in [-0.25, -0.2) is 0 Å². The molecule has 0 aromatic heterocycles. The molecule has 7 nitrogen and oxygen atoms in total. The zero-order valence-electron chi connectivity index (χ0n) is 16.3. The zero-order valence-corrected chi connectivity index (χ0v) is 16.3. The fourth-order valence-corrected chi connectivity index (χ4v) is 3.69. The van der Waals surface area contributed by atoms with Gasteiger partial charge < -0.3 is 24.4 Å². The third-order valence-electron chi connectivity index (χ3n) is 5.35. The number of amides is 2. The highest BCUT2D eigenvalue weighted by molar-refractivity contribution is 6.05. The number of rotatable bonds is 4. The number of nitrogens with one attached hydrogen (secondary N) is 1. The van der Waals surface area contributed by atoms with Crippen LogP contribution >= 0.6 is 0 Å². The van der Waals surface area contributed by atoms with Crippen LogP contribution in [0.15, 0.2) is 48.5 Å². The lowest BCUT2D eigenvalue weighted by Gasteiger charge is -2.37. The van der Waals surface area contributed by atoms with Crippen molar-refractivity contribution in [2.45, 2.75) is 18.6 Å². The van der Waals surface area contributed by atoms with Crippen LogP contribution in [0.3, 0.4) is 0 Å². The Morgan fingerprint density at radius 2 is 1.66 bits per heavy atom. The first-order valence-electron chi connectivity index (χ1n) is 9.71. The third kappa shape index (κ3) is 4.26. The van der Waals surface area contributed by atoms with Gasteiger partial charge in [-0.05, 0) is 36.4 Å². The van der Waals surface area contributed by atoms with Gasteiger partial charge in [0.2, 0.25) is 0 Å². The van der Waals surface area contributed by atoms with Crippen molar-refractivity contribution in [2.75, 3.05) is 38.7 Å². The quantitative estimate of drug-likeness (QED) is 0.860. The molecule has 7 heteroatoms. The minimum absolute atomic E-state index is 0.0439. The lowest BCUT2D eigenvalue weighted by Crippen LogP contribution is -2.47. The van der Waals surface area contributed by atoms with Gasteiger partial charge in [-0.1, -0.05) is 6.07 Å². The summed E-state index contributed by atoms with van der Waals surface area (Å²) >= 11 is 0. The number of likely N-dealkylation sites (tertiary alicyclic amines) is 1. The number of hydrogen-bond donors (Lipinski definition) is 1. The fraction of sp³-hybridized carbons (Fsp3) is 0.364. The number of nitrogens with zero attached hydrogens (tertiary/aromatic N) is 1. The van der Waals surface area contributed by atoms with E-state index >= 15 is 0 Å². The minimum atomic E-state index is -0.501. The molecule has 0 bridgehead atoms. The van der Waals surface area contributed by atoms with Crippen molar-refractivity contribution < 1.29 is 23.8 Å². The number of piperidine rings is 1. The van der Waals surface area contributed by atoms with Crippen LogP contribution in [0.25, 0.3) is 0 Å². The molecule has 2 amide bonds. The molecule has 2 aliphatic rings. The summed E-state index contributed by atoms with van der Waals surface area (Å²) in [6.07, 6.45) is 1.36. The first-order valence-corrected chi connectivity index (χ1v) is 9.71. The molecular formula is C22H24N2O5. The Balaban J connectivity index is 1.37. The van der Waals surface area contributed by atoms with E-state index in [0.29, 0.717) is 61.7 Å². The monoisotopic (exact) mass is 396 g/mol. The molecule has 2 saturated heterocycles. The molecule has 1 N–H and O–H groups in total. The lowest BCUT2D eigenvalue weighted by atomic mass is 10.0. The average Bonchev–Trinajstić information content (AvgIpc) is 3.22. The average molecular weight is 396 g/mol. The number of carbonyl (C=O) groups is 2. The number of ether oxygens (including phenoxy) is 3. The molecule has 2 aromatic rings. The standard InChI is InChI=1S/C22H24N2O5/c1-27-19-4-2-3-18(15-19)23-20(25)16-5-7-17(8-6-16)21(26)24-11-9-22(10-12-24)28-13-14-29-22/h2-8,15H,9-14H2,1H3,(H,23,25). The molecule has 1 spiro atoms. The van der Waals surface area contributed by atoms with Gasteiger partial charge in [-0.2, -0.15) is 0 Å². The summed E-state index contributed by atoms with van der Waals surface area (Å²) in [5, 5.41) is 2.83. The Labute approximate surface area is 169 Å². The number of carbonyl (C=O) groups excluding carboxylic acids is 2. The van der Waals surface area contributed by atoms with Crippen LogP contribution in [0.1, 0.15) is 33.6 Å². The van der Waals surface area contributed by atoms with Gasteiger partial charge in [0.15, 0.2) is 5.79 Å². The van der Waals surface area contributed by atoms with Gasteiger partial charge in [-0.3, -0.25) is 9.59 Å². The smallest absolute Gasteiger partial charge is 0.255 e. The Morgan fingerprint density at radius 3 is 2.31 bits per heavy atom. The summed E-state index contributed by atoms with van der Waals surface area (Å²) in [6, 6.07) is 13.9.